The molecule has 0 aliphatic carbocycles. The lowest BCUT2D eigenvalue weighted by atomic mass is 9.97. The Balaban J connectivity index is 1.48. The second-order valence-electron chi connectivity index (χ2n) is 6.90. The lowest BCUT2D eigenvalue weighted by Gasteiger charge is -2.33. The summed E-state index contributed by atoms with van der Waals surface area (Å²) in [4.78, 5) is 9.29. The van der Waals surface area contributed by atoms with Gasteiger partial charge in [-0.15, -0.1) is 0 Å². The van der Waals surface area contributed by atoms with Crippen LogP contribution in [0.2, 0.25) is 0 Å². The van der Waals surface area contributed by atoms with Crippen molar-refractivity contribution in [2.45, 2.75) is 39.3 Å². The molecule has 0 radical (unpaired) electrons. The van der Waals surface area contributed by atoms with Crippen molar-refractivity contribution in [3.63, 3.8) is 0 Å². The predicted octanol–water partition coefficient (Wildman–Crippen LogP) is 2.28. The van der Waals surface area contributed by atoms with Crippen molar-refractivity contribution in [1.29, 1.82) is 0 Å². The highest BCUT2D eigenvalue weighted by atomic mass is 16.5. The second kappa shape index (κ2) is 6.22. The largest absolute Gasteiger partial charge is 0.468 e. The molecule has 0 aromatic carbocycles. The summed E-state index contributed by atoms with van der Waals surface area (Å²) in [7, 11) is 0. The number of piperazine rings is 1. The van der Waals surface area contributed by atoms with Crippen LogP contribution in [0.5, 0.6) is 0 Å². The van der Waals surface area contributed by atoms with Gasteiger partial charge in [0, 0.05) is 31.6 Å². The lowest BCUT2D eigenvalue weighted by molar-refractivity contribution is 0.113. The average Bonchev–Trinajstić information content (AvgIpc) is 3.12. The molecule has 1 saturated heterocycles. The Labute approximate surface area is 131 Å². The van der Waals surface area contributed by atoms with Gasteiger partial charge < -0.3 is 8.94 Å². The van der Waals surface area contributed by atoms with Crippen LogP contribution >= 0.6 is 0 Å². The zero-order valence-corrected chi connectivity index (χ0v) is 13.6. The molecule has 6 nitrogen and oxygen atoms in total. The van der Waals surface area contributed by atoms with Crippen LogP contribution in [0.4, 0.5) is 0 Å². The van der Waals surface area contributed by atoms with E-state index in [9.17, 15) is 0 Å². The summed E-state index contributed by atoms with van der Waals surface area (Å²) < 4.78 is 10.8. The molecule has 1 fully saturated rings. The van der Waals surface area contributed by atoms with Gasteiger partial charge in [-0.1, -0.05) is 25.9 Å². The summed E-state index contributed by atoms with van der Waals surface area (Å²) in [5.74, 6) is 2.52. The highest BCUT2D eigenvalue weighted by Crippen LogP contribution is 2.20. The summed E-state index contributed by atoms with van der Waals surface area (Å²) in [6.45, 7) is 12.0. The molecule has 0 bridgehead atoms. The van der Waals surface area contributed by atoms with Crippen molar-refractivity contribution in [3.05, 3.63) is 35.9 Å². The number of aromatic nitrogens is 2. The minimum atomic E-state index is -0.0903. The normalized spacial score (nSPS) is 18.0. The molecule has 6 heteroatoms. The number of hydrogen-bond donors (Lipinski definition) is 0. The minimum Gasteiger partial charge on any atom is -0.468 e. The van der Waals surface area contributed by atoms with E-state index in [1.54, 1.807) is 6.26 Å². The van der Waals surface area contributed by atoms with E-state index in [-0.39, 0.29) is 5.41 Å². The van der Waals surface area contributed by atoms with E-state index in [0.717, 1.165) is 50.9 Å². The van der Waals surface area contributed by atoms with Gasteiger partial charge in [0.05, 0.1) is 19.4 Å². The number of furan rings is 1. The van der Waals surface area contributed by atoms with E-state index in [4.69, 9.17) is 8.94 Å². The third kappa shape index (κ3) is 3.75. The first-order chi connectivity index (χ1) is 10.5. The molecule has 2 aromatic rings. The van der Waals surface area contributed by atoms with Crippen molar-refractivity contribution >= 4 is 0 Å². The van der Waals surface area contributed by atoms with E-state index in [0.29, 0.717) is 5.89 Å². The second-order valence-corrected chi connectivity index (χ2v) is 6.90. The Bertz CT molecular complexity index is 578. The van der Waals surface area contributed by atoms with Gasteiger partial charge in [0.1, 0.15) is 5.76 Å². The smallest absolute Gasteiger partial charge is 0.232 e. The molecular formula is C16H24N4O2. The number of nitrogens with zero attached hydrogens (tertiary/aromatic N) is 4. The zero-order valence-electron chi connectivity index (χ0n) is 13.6. The molecule has 0 N–H and O–H groups in total. The first-order valence-corrected chi connectivity index (χ1v) is 7.81. The third-order valence-corrected chi connectivity index (χ3v) is 3.90. The molecule has 1 aliphatic heterocycles. The highest BCUT2D eigenvalue weighted by molar-refractivity contribution is 4.99. The van der Waals surface area contributed by atoms with Crippen LogP contribution < -0.4 is 0 Å². The third-order valence-electron chi connectivity index (χ3n) is 3.90. The summed E-state index contributed by atoms with van der Waals surface area (Å²) in [5, 5.41) is 4.10. The van der Waals surface area contributed by atoms with E-state index in [1.807, 2.05) is 12.1 Å². The van der Waals surface area contributed by atoms with Gasteiger partial charge in [-0.05, 0) is 12.1 Å². The number of hydrogen-bond acceptors (Lipinski definition) is 6. The summed E-state index contributed by atoms with van der Waals surface area (Å²) in [5.41, 5.74) is -0.0903. The van der Waals surface area contributed by atoms with Gasteiger partial charge in [0.2, 0.25) is 5.89 Å². The molecule has 3 rings (SSSR count). The molecule has 0 spiro atoms. The van der Waals surface area contributed by atoms with Gasteiger partial charge in [-0.2, -0.15) is 4.98 Å². The van der Waals surface area contributed by atoms with Crippen LogP contribution in [0.25, 0.3) is 0 Å². The lowest BCUT2D eigenvalue weighted by Crippen LogP contribution is -2.45. The molecule has 3 heterocycles. The van der Waals surface area contributed by atoms with Crippen molar-refractivity contribution < 1.29 is 8.94 Å². The maximum absolute atomic E-state index is 5.41. The molecule has 2 aromatic heterocycles. The average molecular weight is 304 g/mol. The molecule has 0 amide bonds. The molecule has 1 aliphatic rings. The fourth-order valence-electron chi connectivity index (χ4n) is 2.55. The summed E-state index contributed by atoms with van der Waals surface area (Å²) in [6.07, 6.45) is 1.73. The summed E-state index contributed by atoms with van der Waals surface area (Å²) in [6, 6.07) is 3.97. The molecule has 0 atom stereocenters. The van der Waals surface area contributed by atoms with E-state index in [1.165, 1.54) is 0 Å². The maximum Gasteiger partial charge on any atom is 0.232 e. The van der Waals surface area contributed by atoms with Crippen molar-refractivity contribution in [2.75, 3.05) is 26.2 Å². The Kier molecular flexibility index (Phi) is 4.31. The Morgan fingerprint density at radius 1 is 1.09 bits per heavy atom. The van der Waals surface area contributed by atoms with Gasteiger partial charge in [0.15, 0.2) is 5.82 Å². The van der Waals surface area contributed by atoms with Crippen LogP contribution in [0, 0.1) is 0 Å². The maximum atomic E-state index is 5.41. The highest BCUT2D eigenvalue weighted by Gasteiger charge is 2.23. The fraction of sp³-hybridized carbons (Fsp3) is 0.625. The van der Waals surface area contributed by atoms with Gasteiger partial charge in [0.25, 0.3) is 0 Å². The molecule has 22 heavy (non-hydrogen) atoms. The van der Waals surface area contributed by atoms with Gasteiger partial charge >= 0.3 is 0 Å². The van der Waals surface area contributed by atoms with Crippen LogP contribution in [-0.2, 0) is 18.5 Å². The quantitative estimate of drug-likeness (QED) is 0.863. The molecule has 120 valence electrons. The Morgan fingerprint density at radius 2 is 1.77 bits per heavy atom. The van der Waals surface area contributed by atoms with Crippen LogP contribution in [-0.4, -0.2) is 46.1 Å². The minimum absolute atomic E-state index is 0.0903. The van der Waals surface area contributed by atoms with Crippen LogP contribution in [0.15, 0.2) is 27.3 Å². The Hall–Kier alpha value is -1.66. The Morgan fingerprint density at radius 3 is 2.32 bits per heavy atom. The van der Waals surface area contributed by atoms with Crippen molar-refractivity contribution in [3.8, 4) is 0 Å². The summed E-state index contributed by atoms with van der Waals surface area (Å²) >= 11 is 0. The standard InChI is InChI=1S/C16H24N4O2/c1-16(2,3)15-17-14(18-22-15)12-20-8-6-19(7-9-20)11-13-5-4-10-21-13/h4-5,10H,6-9,11-12H2,1-3H3. The van der Waals surface area contributed by atoms with E-state index in [2.05, 4.69) is 40.7 Å². The van der Waals surface area contributed by atoms with Gasteiger partial charge in [-0.25, -0.2) is 0 Å². The van der Waals surface area contributed by atoms with Crippen LogP contribution in [0.1, 0.15) is 38.2 Å². The number of rotatable bonds is 4. The van der Waals surface area contributed by atoms with Crippen molar-refractivity contribution in [2.24, 2.45) is 0 Å². The van der Waals surface area contributed by atoms with E-state index < -0.39 is 0 Å². The topological polar surface area (TPSA) is 58.5 Å². The monoisotopic (exact) mass is 304 g/mol. The fourth-order valence-corrected chi connectivity index (χ4v) is 2.55. The first kappa shape index (κ1) is 15.2. The molecule has 0 unspecified atom stereocenters. The molecule has 0 saturated carbocycles. The molecular weight excluding hydrogens is 280 g/mol. The van der Waals surface area contributed by atoms with Gasteiger partial charge in [-0.3, -0.25) is 9.80 Å². The first-order valence-electron chi connectivity index (χ1n) is 7.81. The van der Waals surface area contributed by atoms with Crippen LogP contribution in [0.3, 0.4) is 0 Å². The van der Waals surface area contributed by atoms with E-state index >= 15 is 0 Å². The SMILES string of the molecule is CC(C)(C)c1nc(CN2CCN(Cc3ccco3)CC2)no1. The zero-order chi connectivity index (χ0) is 15.6. The van der Waals surface area contributed by atoms with Crippen molar-refractivity contribution in [1.82, 2.24) is 19.9 Å². The predicted molar refractivity (Wildman–Crippen MR) is 82.3 cm³/mol.